The van der Waals surface area contributed by atoms with Crippen LogP contribution in [0.25, 0.3) is 10.8 Å². The van der Waals surface area contributed by atoms with E-state index in [9.17, 15) is 9.59 Å². The van der Waals surface area contributed by atoms with Crippen LogP contribution in [0.5, 0.6) is 11.5 Å². The van der Waals surface area contributed by atoms with Crippen molar-refractivity contribution in [1.82, 2.24) is 4.90 Å². The SMILES string of the molecule is CCCCC(CCN(Cc1ccc(OC(C)(C)C(=O)OCC)cc1)C(N)=O)c1c(OCC)ccc2ccccc12. The first-order valence-corrected chi connectivity index (χ1v) is 14.3. The maximum atomic E-state index is 12.5. The quantitative estimate of drug-likeness (QED) is 0.203. The second kappa shape index (κ2) is 14.6. The molecule has 2 amide bonds. The van der Waals surface area contributed by atoms with Crippen LogP contribution in [0.3, 0.4) is 0 Å². The Labute approximate surface area is 238 Å². The number of hydrogen-bond acceptors (Lipinski definition) is 5. The molecule has 2 N–H and O–H groups in total. The number of primary amides is 1. The number of benzene rings is 3. The molecule has 0 fully saturated rings. The molecule has 1 unspecified atom stereocenters. The summed E-state index contributed by atoms with van der Waals surface area (Å²) in [6.07, 6.45) is 3.94. The predicted molar refractivity (Wildman–Crippen MR) is 160 cm³/mol. The molecule has 40 heavy (non-hydrogen) atoms. The van der Waals surface area contributed by atoms with Crippen LogP contribution in [0.4, 0.5) is 4.79 Å². The largest absolute Gasteiger partial charge is 0.494 e. The standard InChI is InChI=1S/C33H44N2O5/c1-6-9-12-26(30-28-14-11-10-13-25(28)17-20-29(30)38-7-2)21-22-35(32(34)37)23-24-15-18-27(19-16-24)40-33(4,5)31(36)39-8-3/h10-11,13-20,26H,6-9,12,21-23H2,1-5H3,(H2,34,37). The molecular formula is C33H44N2O5. The molecule has 0 aliphatic carbocycles. The van der Waals surface area contributed by atoms with Gasteiger partial charge in [-0.2, -0.15) is 0 Å². The molecule has 3 rings (SSSR count). The average Bonchev–Trinajstić information content (AvgIpc) is 2.93. The molecule has 0 bridgehead atoms. The van der Waals surface area contributed by atoms with Crippen LogP contribution >= 0.6 is 0 Å². The van der Waals surface area contributed by atoms with E-state index < -0.39 is 17.6 Å². The molecule has 3 aromatic carbocycles. The summed E-state index contributed by atoms with van der Waals surface area (Å²) in [5.41, 5.74) is 6.87. The Hall–Kier alpha value is -3.74. The highest BCUT2D eigenvalue weighted by atomic mass is 16.6. The summed E-state index contributed by atoms with van der Waals surface area (Å²) in [4.78, 5) is 26.3. The normalized spacial score (nSPS) is 12.1. The van der Waals surface area contributed by atoms with Gasteiger partial charge in [-0.15, -0.1) is 0 Å². The zero-order chi connectivity index (χ0) is 29.1. The summed E-state index contributed by atoms with van der Waals surface area (Å²) in [5.74, 6) is 1.26. The highest BCUT2D eigenvalue weighted by molar-refractivity contribution is 5.88. The van der Waals surface area contributed by atoms with Gasteiger partial charge in [-0.1, -0.05) is 62.2 Å². The van der Waals surface area contributed by atoms with Crippen molar-refractivity contribution in [2.24, 2.45) is 5.73 Å². The van der Waals surface area contributed by atoms with Crippen LogP contribution in [-0.2, 0) is 16.1 Å². The number of hydrogen-bond donors (Lipinski definition) is 1. The van der Waals surface area contributed by atoms with Crippen molar-refractivity contribution in [2.75, 3.05) is 19.8 Å². The average molecular weight is 549 g/mol. The Morgan fingerprint density at radius 1 is 0.925 bits per heavy atom. The van der Waals surface area contributed by atoms with E-state index in [2.05, 4.69) is 43.3 Å². The molecule has 216 valence electrons. The molecule has 0 radical (unpaired) electrons. The summed E-state index contributed by atoms with van der Waals surface area (Å²) in [6.45, 7) is 11.1. The van der Waals surface area contributed by atoms with E-state index in [1.54, 1.807) is 37.8 Å². The lowest BCUT2D eigenvalue weighted by molar-refractivity contribution is -0.158. The number of amides is 2. The highest BCUT2D eigenvalue weighted by Gasteiger charge is 2.31. The minimum atomic E-state index is -1.10. The van der Waals surface area contributed by atoms with Crippen molar-refractivity contribution in [3.05, 3.63) is 71.8 Å². The molecule has 0 saturated heterocycles. The van der Waals surface area contributed by atoms with E-state index in [-0.39, 0.29) is 5.92 Å². The third-order valence-electron chi connectivity index (χ3n) is 7.04. The number of fused-ring (bicyclic) bond motifs is 1. The zero-order valence-electron chi connectivity index (χ0n) is 24.6. The van der Waals surface area contributed by atoms with E-state index in [1.165, 1.54) is 16.3 Å². The number of ether oxygens (including phenoxy) is 3. The summed E-state index contributed by atoms with van der Waals surface area (Å²) >= 11 is 0. The van der Waals surface area contributed by atoms with Gasteiger partial charge in [0.1, 0.15) is 11.5 Å². The van der Waals surface area contributed by atoms with Crippen LogP contribution in [0.2, 0.25) is 0 Å². The van der Waals surface area contributed by atoms with Gasteiger partial charge in [0.15, 0.2) is 5.60 Å². The molecule has 1 atom stereocenters. The fourth-order valence-corrected chi connectivity index (χ4v) is 4.96. The number of unbranched alkanes of at least 4 members (excludes halogenated alkanes) is 1. The lowest BCUT2D eigenvalue weighted by Crippen LogP contribution is -2.39. The summed E-state index contributed by atoms with van der Waals surface area (Å²) in [5, 5.41) is 2.38. The smallest absolute Gasteiger partial charge is 0.349 e. The summed E-state index contributed by atoms with van der Waals surface area (Å²) in [7, 11) is 0. The summed E-state index contributed by atoms with van der Waals surface area (Å²) in [6, 6.07) is 19.5. The minimum Gasteiger partial charge on any atom is -0.494 e. The van der Waals surface area contributed by atoms with Crippen LogP contribution in [0.1, 0.15) is 77.3 Å². The van der Waals surface area contributed by atoms with Crippen molar-refractivity contribution in [2.45, 2.75) is 78.4 Å². The fraction of sp³-hybridized carbons (Fsp3) is 0.455. The monoisotopic (exact) mass is 548 g/mol. The number of carbonyl (C=O) groups is 2. The second-order valence-corrected chi connectivity index (χ2v) is 10.5. The van der Waals surface area contributed by atoms with Crippen molar-refractivity contribution in [3.8, 4) is 11.5 Å². The number of rotatable bonds is 15. The maximum absolute atomic E-state index is 12.5. The van der Waals surface area contributed by atoms with Crippen LogP contribution in [0.15, 0.2) is 60.7 Å². The van der Waals surface area contributed by atoms with Gasteiger partial charge in [-0.05, 0) is 81.0 Å². The maximum Gasteiger partial charge on any atom is 0.349 e. The Morgan fingerprint density at radius 2 is 1.65 bits per heavy atom. The number of urea groups is 1. The Bertz CT molecular complexity index is 1260. The van der Waals surface area contributed by atoms with Gasteiger partial charge in [0.2, 0.25) is 0 Å². The van der Waals surface area contributed by atoms with Crippen molar-refractivity contribution >= 4 is 22.8 Å². The molecule has 0 aliphatic rings. The van der Waals surface area contributed by atoms with E-state index in [1.807, 2.05) is 19.1 Å². The third kappa shape index (κ3) is 8.13. The third-order valence-corrected chi connectivity index (χ3v) is 7.04. The number of esters is 1. The van der Waals surface area contributed by atoms with Gasteiger partial charge in [0.05, 0.1) is 13.2 Å². The van der Waals surface area contributed by atoms with E-state index in [0.29, 0.717) is 32.1 Å². The molecule has 7 heteroatoms. The lowest BCUT2D eigenvalue weighted by atomic mass is 9.86. The van der Waals surface area contributed by atoms with Crippen LogP contribution in [-0.4, -0.2) is 42.3 Å². The van der Waals surface area contributed by atoms with E-state index in [4.69, 9.17) is 19.9 Å². The van der Waals surface area contributed by atoms with Crippen molar-refractivity contribution in [1.29, 1.82) is 0 Å². The number of nitrogens with two attached hydrogens (primary N) is 1. The predicted octanol–water partition coefficient (Wildman–Crippen LogP) is 7.20. The Balaban J connectivity index is 1.77. The molecule has 0 aromatic heterocycles. The van der Waals surface area contributed by atoms with Gasteiger partial charge < -0.3 is 24.8 Å². The van der Waals surface area contributed by atoms with Crippen molar-refractivity contribution < 1.29 is 23.8 Å². The van der Waals surface area contributed by atoms with Crippen LogP contribution in [0, 0.1) is 0 Å². The fourth-order valence-electron chi connectivity index (χ4n) is 4.96. The van der Waals surface area contributed by atoms with Gasteiger partial charge in [0.25, 0.3) is 0 Å². The lowest BCUT2D eigenvalue weighted by Gasteiger charge is -2.27. The zero-order valence-corrected chi connectivity index (χ0v) is 24.6. The van der Waals surface area contributed by atoms with E-state index >= 15 is 0 Å². The molecule has 0 heterocycles. The number of nitrogens with zero attached hydrogens (tertiary/aromatic N) is 1. The topological polar surface area (TPSA) is 91.1 Å². The molecule has 3 aromatic rings. The van der Waals surface area contributed by atoms with Crippen LogP contribution < -0.4 is 15.2 Å². The Morgan fingerprint density at radius 3 is 2.30 bits per heavy atom. The molecule has 0 spiro atoms. The van der Waals surface area contributed by atoms with Gasteiger partial charge in [0, 0.05) is 18.7 Å². The molecule has 7 nitrogen and oxygen atoms in total. The first-order chi connectivity index (χ1) is 19.2. The number of carbonyl (C=O) groups excluding carboxylic acids is 2. The first-order valence-electron chi connectivity index (χ1n) is 14.3. The second-order valence-electron chi connectivity index (χ2n) is 10.5. The van der Waals surface area contributed by atoms with E-state index in [0.717, 1.165) is 37.0 Å². The Kier molecular flexibility index (Phi) is 11.2. The first kappa shape index (κ1) is 30.8. The highest BCUT2D eigenvalue weighted by Crippen LogP contribution is 2.39. The molecule has 0 saturated carbocycles. The van der Waals surface area contributed by atoms with Crippen molar-refractivity contribution in [3.63, 3.8) is 0 Å². The molecular weight excluding hydrogens is 504 g/mol. The molecule has 0 aliphatic heterocycles. The summed E-state index contributed by atoms with van der Waals surface area (Å²) < 4.78 is 17.0. The minimum absolute atomic E-state index is 0.218. The van der Waals surface area contributed by atoms with Gasteiger partial charge in [-0.3, -0.25) is 0 Å². The van der Waals surface area contributed by atoms with Gasteiger partial charge >= 0.3 is 12.0 Å². The van der Waals surface area contributed by atoms with Gasteiger partial charge in [-0.25, -0.2) is 9.59 Å².